The van der Waals surface area contributed by atoms with Crippen molar-refractivity contribution in [2.75, 3.05) is 13.1 Å². The Morgan fingerprint density at radius 1 is 0.667 bits per heavy atom. The van der Waals surface area contributed by atoms with Crippen molar-refractivity contribution in [3.05, 3.63) is 0 Å². The van der Waals surface area contributed by atoms with E-state index in [1.54, 1.807) is 0 Å². The number of hydrogen-bond acceptors (Lipinski definition) is 1. The zero-order valence-electron chi connectivity index (χ0n) is 7.12. The fourth-order valence-corrected chi connectivity index (χ4v) is 0.802. The Morgan fingerprint density at radius 3 is 1.08 bits per heavy atom. The molecular weight excluding hydrogens is 168 g/mol. The van der Waals surface area contributed by atoms with E-state index in [1.165, 1.54) is 32.4 Å². The zero-order valence-corrected chi connectivity index (χ0v) is 7.12. The molecule has 0 amide bonds. The van der Waals surface area contributed by atoms with Crippen LogP contribution in [0.1, 0.15) is 19.3 Å². The van der Waals surface area contributed by atoms with Crippen molar-refractivity contribution < 1.29 is 37.7 Å². The summed E-state index contributed by atoms with van der Waals surface area (Å²) in [6.45, 7) is 2.50. The second kappa shape index (κ2) is 30.2. The van der Waals surface area contributed by atoms with Gasteiger partial charge in [0.1, 0.15) is 0 Å². The predicted molar refractivity (Wildman–Crippen MR) is 32.5 cm³/mol. The van der Waals surface area contributed by atoms with Gasteiger partial charge in [-0.15, -0.1) is 0 Å². The van der Waals surface area contributed by atoms with Crippen LogP contribution in [0.2, 0.25) is 0 Å². The van der Waals surface area contributed by atoms with Crippen LogP contribution in [0.5, 0.6) is 0 Å². The van der Waals surface area contributed by atoms with Crippen LogP contribution in [0, 0.1) is 0 Å². The Hall–Kier alpha value is 0.342. The standard InChI is InChI=1S/C5H11N.B.4FH.Li/c1-2-4-6-5-3-1;;;;;;/h6H,1-5H2;;4*1H;/q;+3;;;;;+1/p-4. The van der Waals surface area contributed by atoms with Gasteiger partial charge in [0.05, 0.1) is 0 Å². The number of hydrogen-bond donors (Lipinski definition) is 1. The summed E-state index contributed by atoms with van der Waals surface area (Å²) in [6, 6.07) is 0. The van der Waals surface area contributed by atoms with Gasteiger partial charge in [-0.3, -0.25) is 0 Å². The van der Waals surface area contributed by atoms with Gasteiger partial charge < -0.3 is 24.1 Å². The summed E-state index contributed by atoms with van der Waals surface area (Å²) >= 11 is 0. The largest absolute Gasteiger partial charge is 3.00 e. The number of nitrogens with one attached hydrogen (secondary N) is 1. The van der Waals surface area contributed by atoms with Gasteiger partial charge in [0.2, 0.25) is 0 Å². The predicted octanol–water partition coefficient (Wildman–Crippen LogP) is -14.6. The first-order valence-corrected chi connectivity index (χ1v) is 2.71. The molecule has 0 aromatic carbocycles. The van der Waals surface area contributed by atoms with Gasteiger partial charge >= 0.3 is 27.3 Å². The van der Waals surface area contributed by atoms with E-state index in [1.807, 2.05) is 0 Å². The Kier molecular flexibility index (Phi) is 99.2. The summed E-state index contributed by atoms with van der Waals surface area (Å²) in [5, 5.41) is 3.28. The van der Waals surface area contributed by atoms with E-state index in [4.69, 9.17) is 0 Å². The molecule has 0 saturated carbocycles. The van der Waals surface area contributed by atoms with Crippen LogP contribution in [0.4, 0.5) is 0 Å². The summed E-state index contributed by atoms with van der Waals surface area (Å²) in [5.41, 5.74) is 0. The van der Waals surface area contributed by atoms with Crippen molar-refractivity contribution in [3.63, 3.8) is 0 Å². The monoisotopic (exact) mass is 179 g/mol. The van der Waals surface area contributed by atoms with E-state index in [0.717, 1.165) is 0 Å². The molecule has 0 aromatic rings. The molecule has 1 nitrogen and oxygen atoms in total. The molecule has 1 aliphatic rings. The minimum Gasteiger partial charge on any atom is -1.00 e. The molecule has 0 radical (unpaired) electrons. The molecule has 1 rings (SSSR count). The molecule has 1 N–H and O–H groups in total. The maximum atomic E-state index is 3.28. The van der Waals surface area contributed by atoms with Crippen molar-refractivity contribution in [2.24, 2.45) is 0 Å². The fourth-order valence-electron chi connectivity index (χ4n) is 0.802. The quantitative estimate of drug-likeness (QED) is 0.287. The van der Waals surface area contributed by atoms with Crippen molar-refractivity contribution in [2.45, 2.75) is 19.3 Å². The number of piperidine rings is 1. The van der Waals surface area contributed by atoms with Crippen LogP contribution in [-0.2, 0) is 0 Å². The van der Waals surface area contributed by atoms with Crippen molar-refractivity contribution in [1.29, 1.82) is 0 Å². The Bertz CT molecular complexity index is 38.9. The van der Waals surface area contributed by atoms with Gasteiger partial charge in [-0.1, -0.05) is 6.42 Å². The van der Waals surface area contributed by atoms with Gasteiger partial charge in [-0.05, 0) is 25.9 Å². The number of halogens is 4. The third-order valence-corrected chi connectivity index (χ3v) is 1.21. The summed E-state index contributed by atoms with van der Waals surface area (Å²) in [6.07, 6.45) is 4.22. The average molecular weight is 179 g/mol. The molecule has 0 aromatic heterocycles. The molecule has 1 heterocycles. The van der Waals surface area contributed by atoms with Crippen LogP contribution >= 0.6 is 0 Å². The van der Waals surface area contributed by atoms with Gasteiger partial charge in [-0.2, -0.15) is 0 Å². The molecule has 0 bridgehead atoms. The molecular formula is C5H11BF4LiN. The van der Waals surface area contributed by atoms with Crippen LogP contribution in [0.15, 0.2) is 0 Å². The van der Waals surface area contributed by atoms with E-state index in [-0.39, 0.29) is 46.1 Å². The molecule has 1 fully saturated rings. The van der Waals surface area contributed by atoms with Gasteiger partial charge in [0.25, 0.3) is 0 Å². The van der Waals surface area contributed by atoms with E-state index in [0.29, 0.717) is 0 Å². The number of rotatable bonds is 0. The van der Waals surface area contributed by atoms with Crippen molar-refractivity contribution in [1.82, 2.24) is 5.32 Å². The Balaban J connectivity index is -0.0000000150. The Morgan fingerprint density at radius 2 is 1.00 bits per heavy atom. The molecule has 1 saturated heterocycles. The van der Waals surface area contributed by atoms with Crippen LogP contribution in [0.3, 0.4) is 0 Å². The molecule has 0 aliphatic carbocycles. The van der Waals surface area contributed by atoms with Crippen LogP contribution in [-0.4, -0.2) is 21.5 Å². The second-order valence-corrected chi connectivity index (χ2v) is 1.81. The zero-order chi connectivity index (χ0) is 4.24. The third-order valence-electron chi connectivity index (χ3n) is 1.21. The average Bonchev–Trinajstić information content (AvgIpc) is 1.72. The molecule has 0 spiro atoms. The molecule has 7 heteroatoms. The normalized spacial score (nSPS) is 12.0. The topological polar surface area (TPSA) is 12.0 Å². The van der Waals surface area contributed by atoms with E-state index in [9.17, 15) is 0 Å². The first-order chi connectivity index (χ1) is 3.00. The van der Waals surface area contributed by atoms with Crippen LogP contribution in [0.25, 0.3) is 0 Å². The van der Waals surface area contributed by atoms with Gasteiger partial charge in [0, 0.05) is 0 Å². The maximum absolute atomic E-state index is 3.28. The van der Waals surface area contributed by atoms with E-state index < -0.39 is 0 Å². The van der Waals surface area contributed by atoms with Crippen molar-refractivity contribution >= 4 is 8.41 Å². The maximum Gasteiger partial charge on any atom is 3.00 e. The summed E-state index contributed by atoms with van der Waals surface area (Å²) in [7, 11) is 0. The smallest absolute Gasteiger partial charge is 1.00 e. The van der Waals surface area contributed by atoms with E-state index in [2.05, 4.69) is 5.32 Å². The first kappa shape index (κ1) is 39.5. The second-order valence-electron chi connectivity index (χ2n) is 1.81. The van der Waals surface area contributed by atoms with Gasteiger partial charge in [0.15, 0.2) is 0 Å². The van der Waals surface area contributed by atoms with E-state index >= 15 is 0 Å². The van der Waals surface area contributed by atoms with Crippen molar-refractivity contribution in [3.8, 4) is 0 Å². The molecule has 68 valence electrons. The Labute approximate surface area is 84.3 Å². The summed E-state index contributed by atoms with van der Waals surface area (Å²) in [4.78, 5) is 0. The minimum absolute atomic E-state index is 0. The minimum atomic E-state index is 0. The first-order valence-electron chi connectivity index (χ1n) is 2.71. The molecule has 1 aliphatic heterocycles. The third kappa shape index (κ3) is 22.4. The fraction of sp³-hybridized carbons (Fsp3) is 1.00. The molecule has 0 unspecified atom stereocenters. The van der Waals surface area contributed by atoms with Gasteiger partial charge in [-0.25, -0.2) is 0 Å². The SMILES string of the molecule is C1CCNCC1.[B+3].[F-].[F-].[F-].[F-].[Li+]. The summed E-state index contributed by atoms with van der Waals surface area (Å²) < 4.78 is 0. The molecule has 12 heavy (non-hydrogen) atoms. The molecule has 0 atom stereocenters. The van der Waals surface area contributed by atoms with Crippen LogP contribution < -0.4 is 43.0 Å². The summed E-state index contributed by atoms with van der Waals surface area (Å²) in [5.74, 6) is 0.